The molecule has 1 saturated heterocycles. The summed E-state index contributed by atoms with van der Waals surface area (Å²) >= 11 is 0. The van der Waals surface area contributed by atoms with Gasteiger partial charge in [0.2, 0.25) is 5.91 Å². The number of carbonyl (C=O) groups excluding carboxylic acids is 1. The second kappa shape index (κ2) is 6.43. The highest BCUT2D eigenvalue weighted by Gasteiger charge is 2.34. The Labute approximate surface area is 140 Å². The fourth-order valence-electron chi connectivity index (χ4n) is 3.42. The number of hydrogen-bond acceptors (Lipinski definition) is 4. The largest absolute Gasteiger partial charge is 0.419 e. The summed E-state index contributed by atoms with van der Waals surface area (Å²) < 4.78 is 12.2. The number of carbonyl (C=O) groups is 1. The number of nitrogens with zero attached hydrogens (tertiary/aromatic N) is 2. The Hall–Kier alpha value is -2.08. The van der Waals surface area contributed by atoms with Crippen molar-refractivity contribution >= 4 is 17.0 Å². The van der Waals surface area contributed by atoms with Crippen molar-refractivity contribution in [3.63, 3.8) is 0 Å². The number of rotatable bonds is 6. The molecule has 2 aliphatic rings. The molecule has 0 bridgehead atoms. The molecule has 2 heterocycles. The quantitative estimate of drug-likeness (QED) is 0.813. The molecule has 1 saturated carbocycles. The summed E-state index contributed by atoms with van der Waals surface area (Å²) in [7, 11) is 0. The summed E-state index contributed by atoms with van der Waals surface area (Å²) in [6, 6.07) is 7.70. The number of fused-ring (bicyclic) bond motifs is 1. The van der Waals surface area contributed by atoms with E-state index in [1.807, 2.05) is 23.1 Å². The van der Waals surface area contributed by atoms with Crippen LogP contribution in [0.5, 0.6) is 0 Å². The van der Waals surface area contributed by atoms with E-state index >= 15 is 0 Å². The van der Waals surface area contributed by atoms with Crippen molar-refractivity contribution in [1.82, 2.24) is 9.47 Å². The van der Waals surface area contributed by atoms with Crippen LogP contribution < -0.4 is 5.76 Å². The molecule has 0 N–H and O–H groups in total. The lowest BCUT2D eigenvalue weighted by Gasteiger charge is -2.25. The molecule has 6 nitrogen and oxygen atoms in total. The number of hydrogen-bond donors (Lipinski definition) is 0. The molecule has 1 amide bonds. The first-order valence-electron chi connectivity index (χ1n) is 8.68. The van der Waals surface area contributed by atoms with Crippen LogP contribution in [0.1, 0.15) is 25.7 Å². The summed E-state index contributed by atoms with van der Waals surface area (Å²) in [4.78, 5) is 26.7. The van der Waals surface area contributed by atoms with Crippen LogP contribution in [0.25, 0.3) is 11.1 Å². The molecule has 2 fully saturated rings. The van der Waals surface area contributed by atoms with Crippen molar-refractivity contribution in [2.75, 3.05) is 19.8 Å². The average molecular weight is 330 g/mol. The monoisotopic (exact) mass is 330 g/mol. The molecule has 1 aliphatic heterocycles. The summed E-state index contributed by atoms with van der Waals surface area (Å²) in [5.74, 6) is 0.180. The van der Waals surface area contributed by atoms with Gasteiger partial charge in [0.1, 0.15) is 0 Å². The number of amides is 1. The maximum Gasteiger partial charge on any atom is 0.419 e. The fourth-order valence-corrected chi connectivity index (χ4v) is 3.42. The number of aryl methyl sites for hydroxylation is 1. The van der Waals surface area contributed by atoms with E-state index in [-0.39, 0.29) is 5.91 Å². The van der Waals surface area contributed by atoms with Gasteiger partial charge in [-0.3, -0.25) is 9.36 Å². The lowest BCUT2D eigenvalue weighted by molar-refractivity contribution is -0.132. The molecule has 1 atom stereocenters. The van der Waals surface area contributed by atoms with E-state index in [0.29, 0.717) is 30.5 Å². The first kappa shape index (κ1) is 15.4. The van der Waals surface area contributed by atoms with Crippen LogP contribution in [0.3, 0.4) is 0 Å². The number of para-hydroxylation sites is 2. The van der Waals surface area contributed by atoms with Gasteiger partial charge in [0.25, 0.3) is 0 Å². The van der Waals surface area contributed by atoms with Crippen LogP contribution in [0, 0.1) is 5.92 Å². The molecule has 6 heteroatoms. The van der Waals surface area contributed by atoms with Crippen molar-refractivity contribution < 1.29 is 13.9 Å². The van der Waals surface area contributed by atoms with Gasteiger partial charge in [0.15, 0.2) is 5.58 Å². The highest BCUT2D eigenvalue weighted by Crippen LogP contribution is 2.29. The SMILES string of the molecule is O=C(CCn1c(=O)oc2ccccc21)N(CC1CCOC1)C1CC1. The molecule has 1 aromatic heterocycles. The molecule has 4 rings (SSSR count). The Morgan fingerprint density at radius 2 is 2.08 bits per heavy atom. The predicted octanol–water partition coefficient (Wildman–Crippen LogP) is 2.01. The summed E-state index contributed by atoms with van der Waals surface area (Å²) in [6.07, 6.45) is 3.54. The third-order valence-electron chi connectivity index (χ3n) is 4.91. The molecule has 1 unspecified atom stereocenters. The Morgan fingerprint density at radius 3 is 2.83 bits per heavy atom. The number of aromatic nitrogens is 1. The molecule has 24 heavy (non-hydrogen) atoms. The van der Waals surface area contributed by atoms with Gasteiger partial charge in [-0.25, -0.2) is 4.79 Å². The second-order valence-electron chi connectivity index (χ2n) is 6.74. The van der Waals surface area contributed by atoms with Crippen LogP contribution in [0.15, 0.2) is 33.5 Å². The maximum atomic E-state index is 12.7. The van der Waals surface area contributed by atoms with E-state index in [1.54, 1.807) is 10.6 Å². The maximum absolute atomic E-state index is 12.7. The topological polar surface area (TPSA) is 64.7 Å². The van der Waals surface area contributed by atoms with Gasteiger partial charge < -0.3 is 14.1 Å². The Balaban J connectivity index is 1.44. The van der Waals surface area contributed by atoms with Crippen LogP contribution in [0.2, 0.25) is 0 Å². The molecule has 0 spiro atoms. The van der Waals surface area contributed by atoms with Crippen LogP contribution in [-0.4, -0.2) is 41.2 Å². The van der Waals surface area contributed by atoms with Crippen molar-refractivity contribution in [3.8, 4) is 0 Å². The minimum Gasteiger partial charge on any atom is -0.408 e. The molecule has 0 radical (unpaired) electrons. The fraction of sp³-hybridized carbons (Fsp3) is 0.556. The van der Waals surface area contributed by atoms with E-state index in [9.17, 15) is 9.59 Å². The molecule has 2 aromatic rings. The van der Waals surface area contributed by atoms with Crippen molar-refractivity contribution in [1.29, 1.82) is 0 Å². The zero-order valence-electron chi connectivity index (χ0n) is 13.6. The van der Waals surface area contributed by atoms with Crippen LogP contribution >= 0.6 is 0 Å². The normalized spacial score (nSPS) is 20.6. The molecular formula is C18H22N2O4. The second-order valence-corrected chi connectivity index (χ2v) is 6.74. The van der Waals surface area contributed by atoms with E-state index < -0.39 is 5.76 Å². The summed E-state index contributed by atoms with van der Waals surface area (Å²) in [5, 5.41) is 0. The van der Waals surface area contributed by atoms with Gasteiger partial charge in [-0.05, 0) is 31.4 Å². The zero-order chi connectivity index (χ0) is 16.5. The highest BCUT2D eigenvalue weighted by atomic mass is 16.5. The molecule has 128 valence electrons. The lowest BCUT2D eigenvalue weighted by atomic mass is 10.1. The van der Waals surface area contributed by atoms with Crippen LogP contribution in [0.4, 0.5) is 0 Å². The zero-order valence-corrected chi connectivity index (χ0v) is 13.6. The van der Waals surface area contributed by atoms with Gasteiger partial charge in [0.05, 0.1) is 12.1 Å². The number of ether oxygens (including phenoxy) is 1. The van der Waals surface area contributed by atoms with Crippen molar-refractivity contribution in [2.45, 2.75) is 38.3 Å². The van der Waals surface area contributed by atoms with Crippen molar-refractivity contribution in [2.24, 2.45) is 5.92 Å². The summed E-state index contributed by atoms with van der Waals surface area (Å²) in [5.41, 5.74) is 1.31. The Bertz CT molecular complexity index is 784. The average Bonchev–Trinajstić information content (AvgIpc) is 3.19. The number of oxazole rings is 1. The highest BCUT2D eigenvalue weighted by molar-refractivity contribution is 5.77. The van der Waals surface area contributed by atoms with E-state index in [4.69, 9.17) is 9.15 Å². The van der Waals surface area contributed by atoms with E-state index in [0.717, 1.165) is 44.5 Å². The molecule has 1 aliphatic carbocycles. The van der Waals surface area contributed by atoms with Crippen molar-refractivity contribution in [3.05, 3.63) is 34.8 Å². The first-order valence-corrected chi connectivity index (χ1v) is 8.68. The third-order valence-corrected chi connectivity index (χ3v) is 4.91. The standard InChI is InChI=1S/C18H22N2O4/c21-17(20(14-5-6-14)11-13-8-10-23-12-13)7-9-19-15-3-1-2-4-16(15)24-18(19)22/h1-4,13-14H,5-12H2. The molecular weight excluding hydrogens is 308 g/mol. The summed E-state index contributed by atoms with van der Waals surface area (Å²) in [6.45, 7) is 2.69. The Kier molecular flexibility index (Phi) is 4.14. The van der Waals surface area contributed by atoms with Gasteiger partial charge in [0, 0.05) is 38.1 Å². The minimum absolute atomic E-state index is 0.126. The van der Waals surface area contributed by atoms with E-state index in [1.165, 1.54) is 0 Å². The third kappa shape index (κ3) is 3.11. The predicted molar refractivity (Wildman–Crippen MR) is 88.8 cm³/mol. The Morgan fingerprint density at radius 1 is 1.25 bits per heavy atom. The van der Waals surface area contributed by atoms with Gasteiger partial charge in [-0.1, -0.05) is 12.1 Å². The van der Waals surface area contributed by atoms with Gasteiger partial charge in [-0.2, -0.15) is 0 Å². The molecule has 1 aromatic carbocycles. The lowest BCUT2D eigenvalue weighted by Crippen LogP contribution is -2.38. The van der Waals surface area contributed by atoms with E-state index in [2.05, 4.69) is 0 Å². The number of benzene rings is 1. The van der Waals surface area contributed by atoms with Crippen LogP contribution in [-0.2, 0) is 16.1 Å². The first-order chi connectivity index (χ1) is 11.7. The van der Waals surface area contributed by atoms with Gasteiger partial charge >= 0.3 is 5.76 Å². The van der Waals surface area contributed by atoms with Gasteiger partial charge in [-0.15, -0.1) is 0 Å². The minimum atomic E-state index is -0.397. The smallest absolute Gasteiger partial charge is 0.408 e.